The normalized spacial score (nSPS) is 17.0. The zero-order valence-corrected chi connectivity index (χ0v) is 16.1. The van der Waals surface area contributed by atoms with E-state index in [-0.39, 0.29) is 17.8 Å². The molecule has 0 bridgehead atoms. The molecule has 1 aliphatic rings. The molecule has 146 valence electrons. The van der Waals surface area contributed by atoms with Crippen molar-refractivity contribution in [3.8, 4) is 0 Å². The Kier molecular flexibility index (Phi) is 6.55. The number of hydrogen-bond donors (Lipinski definition) is 1. The molecule has 27 heavy (non-hydrogen) atoms. The average Bonchev–Trinajstić information content (AvgIpc) is 3.17. The third kappa shape index (κ3) is 5.35. The van der Waals surface area contributed by atoms with Crippen LogP contribution in [-0.2, 0) is 0 Å². The van der Waals surface area contributed by atoms with Crippen LogP contribution in [-0.4, -0.2) is 52.0 Å². The van der Waals surface area contributed by atoms with Gasteiger partial charge in [0, 0.05) is 6.54 Å². The van der Waals surface area contributed by atoms with Crippen LogP contribution in [0, 0.1) is 11.7 Å². The Morgan fingerprint density at radius 3 is 2.70 bits per heavy atom. The van der Waals surface area contributed by atoms with Crippen molar-refractivity contribution in [1.29, 1.82) is 0 Å². The van der Waals surface area contributed by atoms with Gasteiger partial charge in [-0.25, -0.2) is 9.07 Å². The number of nitrogens with one attached hydrogen (secondary N) is 1. The van der Waals surface area contributed by atoms with Gasteiger partial charge in [-0.3, -0.25) is 4.79 Å². The average molecular weight is 373 g/mol. The van der Waals surface area contributed by atoms with Crippen LogP contribution in [0.3, 0.4) is 0 Å². The molecule has 1 fully saturated rings. The highest BCUT2D eigenvalue weighted by atomic mass is 19.1. The molecular weight excluding hydrogens is 345 g/mol. The largest absolute Gasteiger partial charge is 0.351 e. The molecule has 3 rings (SSSR count). The van der Waals surface area contributed by atoms with Crippen molar-refractivity contribution in [1.82, 2.24) is 25.2 Å². The van der Waals surface area contributed by atoms with E-state index in [1.54, 1.807) is 23.0 Å². The van der Waals surface area contributed by atoms with E-state index in [9.17, 15) is 9.18 Å². The lowest BCUT2D eigenvalue weighted by molar-refractivity contribution is 0.0945. The van der Waals surface area contributed by atoms with Gasteiger partial charge in [-0.2, -0.15) is 0 Å². The first-order valence-corrected chi connectivity index (χ1v) is 9.71. The van der Waals surface area contributed by atoms with E-state index in [1.165, 1.54) is 25.0 Å². The van der Waals surface area contributed by atoms with Crippen molar-refractivity contribution in [2.45, 2.75) is 39.2 Å². The number of likely N-dealkylation sites (tertiary alicyclic amines) is 1. The first kappa shape index (κ1) is 19.5. The lowest BCUT2D eigenvalue weighted by Crippen LogP contribution is -2.35. The molecule has 2 heterocycles. The lowest BCUT2D eigenvalue weighted by Gasteiger charge is -2.30. The number of carbonyl (C=O) groups is 1. The van der Waals surface area contributed by atoms with E-state index >= 15 is 0 Å². The summed E-state index contributed by atoms with van der Waals surface area (Å²) in [6.45, 7) is 8.20. The summed E-state index contributed by atoms with van der Waals surface area (Å²) in [5, 5.41) is 10.9. The first-order valence-electron chi connectivity index (χ1n) is 9.71. The second kappa shape index (κ2) is 9.08. The molecule has 1 saturated heterocycles. The maximum atomic E-state index is 13.1. The molecule has 0 saturated carbocycles. The maximum absolute atomic E-state index is 13.1. The molecule has 7 heteroatoms. The number of benzene rings is 1. The fourth-order valence-electron chi connectivity index (χ4n) is 3.34. The molecule has 6 nitrogen and oxygen atoms in total. The van der Waals surface area contributed by atoms with E-state index in [4.69, 9.17) is 0 Å². The maximum Gasteiger partial charge on any atom is 0.273 e. The Morgan fingerprint density at radius 1 is 1.30 bits per heavy atom. The van der Waals surface area contributed by atoms with Crippen molar-refractivity contribution in [2.75, 3.05) is 26.2 Å². The smallest absolute Gasteiger partial charge is 0.273 e. The van der Waals surface area contributed by atoms with Gasteiger partial charge in [0.05, 0.1) is 12.2 Å². The van der Waals surface area contributed by atoms with Crippen molar-refractivity contribution < 1.29 is 9.18 Å². The molecule has 0 radical (unpaired) electrons. The fourth-order valence-corrected chi connectivity index (χ4v) is 3.34. The van der Waals surface area contributed by atoms with Crippen LogP contribution in [0.5, 0.6) is 0 Å². The molecule has 1 N–H and O–H groups in total. The zero-order chi connectivity index (χ0) is 19.2. The molecule has 1 aromatic heterocycles. The summed E-state index contributed by atoms with van der Waals surface area (Å²) in [6, 6.07) is 6.13. The predicted molar refractivity (Wildman–Crippen MR) is 102 cm³/mol. The summed E-state index contributed by atoms with van der Waals surface area (Å²) < 4.78 is 14.7. The summed E-state index contributed by atoms with van der Waals surface area (Å²) in [4.78, 5) is 14.7. The minimum atomic E-state index is -0.274. The van der Waals surface area contributed by atoms with Crippen molar-refractivity contribution in [3.63, 3.8) is 0 Å². The molecule has 1 unspecified atom stereocenters. The van der Waals surface area contributed by atoms with Crippen LogP contribution < -0.4 is 5.32 Å². The van der Waals surface area contributed by atoms with E-state index < -0.39 is 0 Å². The van der Waals surface area contributed by atoms with Crippen LogP contribution in [0.15, 0.2) is 30.5 Å². The quantitative estimate of drug-likeness (QED) is 0.758. The van der Waals surface area contributed by atoms with Gasteiger partial charge in [-0.15, -0.1) is 5.10 Å². The van der Waals surface area contributed by atoms with E-state index in [0.29, 0.717) is 12.2 Å². The third-order valence-corrected chi connectivity index (χ3v) is 5.31. The van der Waals surface area contributed by atoms with Gasteiger partial charge in [0.15, 0.2) is 5.69 Å². The third-order valence-electron chi connectivity index (χ3n) is 5.31. The Hall–Kier alpha value is -2.28. The number of hydrogen-bond acceptors (Lipinski definition) is 4. The van der Waals surface area contributed by atoms with Crippen molar-refractivity contribution in [3.05, 3.63) is 47.5 Å². The topological polar surface area (TPSA) is 63.1 Å². The zero-order valence-electron chi connectivity index (χ0n) is 16.1. The van der Waals surface area contributed by atoms with Gasteiger partial charge < -0.3 is 10.2 Å². The van der Waals surface area contributed by atoms with E-state index in [0.717, 1.165) is 37.5 Å². The molecular formula is C20H28FN5O. The number of rotatable bonds is 7. The van der Waals surface area contributed by atoms with E-state index in [2.05, 4.69) is 27.5 Å². The summed E-state index contributed by atoms with van der Waals surface area (Å²) in [5.74, 6) is 0.351. The number of piperidine rings is 1. The number of aromatic nitrogens is 3. The van der Waals surface area contributed by atoms with Gasteiger partial charge >= 0.3 is 0 Å². The highest BCUT2D eigenvalue weighted by Gasteiger charge is 2.16. The van der Waals surface area contributed by atoms with Gasteiger partial charge in [0.1, 0.15) is 5.82 Å². The summed E-state index contributed by atoms with van der Waals surface area (Å²) in [7, 11) is 0. The van der Waals surface area contributed by atoms with Crippen molar-refractivity contribution in [2.24, 2.45) is 5.92 Å². The highest BCUT2D eigenvalue weighted by Crippen LogP contribution is 2.17. The Bertz CT molecular complexity index is 737. The molecule has 0 spiro atoms. The van der Waals surface area contributed by atoms with Crippen LogP contribution in [0.1, 0.15) is 55.2 Å². The van der Waals surface area contributed by atoms with Gasteiger partial charge in [-0.05, 0) is 69.4 Å². The van der Waals surface area contributed by atoms with Crippen LogP contribution in [0.25, 0.3) is 0 Å². The Morgan fingerprint density at radius 2 is 2.00 bits per heavy atom. The van der Waals surface area contributed by atoms with Crippen LogP contribution in [0.2, 0.25) is 0 Å². The summed E-state index contributed by atoms with van der Waals surface area (Å²) in [6.07, 6.45) is 5.10. The monoisotopic (exact) mass is 373 g/mol. The Balaban J connectivity index is 1.44. The van der Waals surface area contributed by atoms with Gasteiger partial charge in [0.25, 0.3) is 5.91 Å². The number of nitrogens with zero attached hydrogens (tertiary/aromatic N) is 4. The summed E-state index contributed by atoms with van der Waals surface area (Å²) in [5.41, 5.74) is 1.21. The van der Waals surface area contributed by atoms with Crippen LogP contribution >= 0.6 is 0 Å². The molecule has 2 aromatic rings. The molecule has 1 aliphatic heterocycles. The predicted octanol–water partition coefficient (Wildman–Crippen LogP) is 2.88. The van der Waals surface area contributed by atoms with Gasteiger partial charge in [-0.1, -0.05) is 24.3 Å². The first-order chi connectivity index (χ1) is 13.0. The standard InChI is InChI=1S/C20H28FN5O/c1-15-8-12-25(13-9-15)11-3-10-22-20(27)19-14-26(24-23-19)16(2)17-4-6-18(21)7-5-17/h4-7,14-16H,3,8-13H2,1-2H3,(H,22,27). The number of carbonyl (C=O) groups excluding carboxylic acids is 1. The molecule has 1 amide bonds. The fraction of sp³-hybridized carbons (Fsp3) is 0.550. The second-order valence-corrected chi connectivity index (χ2v) is 7.44. The molecule has 0 aliphatic carbocycles. The number of amides is 1. The second-order valence-electron chi connectivity index (χ2n) is 7.44. The Labute approximate surface area is 159 Å². The highest BCUT2D eigenvalue weighted by molar-refractivity contribution is 5.91. The summed E-state index contributed by atoms with van der Waals surface area (Å²) >= 11 is 0. The minimum Gasteiger partial charge on any atom is -0.351 e. The van der Waals surface area contributed by atoms with Gasteiger partial charge in [0.2, 0.25) is 0 Å². The lowest BCUT2D eigenvalue weighted by atomic mass is 9.99. The van der Waals surface area contributed by atoms with Crippen molar-refractivity contribution >= 4 is 5.91 Å². The van der Waals surface area contributed by atoms with E-state index in [1.807, 2.05) is 6.92 Å². The van der Waals surface area contributed by atoms with Crippen LogP contribution in [0.4, 0.5) is 4.39 Å². The molecule has 1 aromatic carbocycles. The minimum absolute atomic E-state index is 0.124. The molecule has 1 atom stereocenters. The number of halogens is 1. The SMILES string of the molecule is CC1CCN(CCCNC(=O)c2cn(C(C)c3ccc(F)cc3)nn2)CC1.